The minimum Gasteiger partial charge on any atom is -0.342 e. The van der Waals surface area contributed by atoms with E-state index in [1.165, 1.54) is 10.4 Å². The Labute approximate surface area is 157 Å². The van der Waals surface area contributed by atoms with Gasteiger partial charge in [0, 0.05) is 38.3 Å². The molecule has 1 fully saturated rings. The van der Waals surface area contributed by atoms with Gasteiger partial charge in [-0.15, -0.1) is 0 Å². The third-order valence-electron chi connectivity index (χ3n) is 4.89. The average molecular weight is 388 g/mol. The Morgan fingerprint density at radius 3 is 2.59 bits per heavy atom. The summed E-state index contributed by atoms with van der Waals surface area (Å²) in [4.78, 5) is 9.72. The summed E-state index contributed by atoms with van der Waals surface area (Å²) in [5.41, 5.74) is 2.10. The molecule has 27 heavy (non-hydrogen) atoms. The molecule has 0 bridgehead atoms. The van der Waals surface area contributed by atoms with Crippen molar-refractivity contribution in [3.8, 4) is 0 Å². The van der Waals surface area contributed by atoms with Gasteiger partial charge in [0.15, 0.2) is 0 Å². The van der Waals surface area contributed by atoms with Crippen molar-refractivity contribution in [3.63, 3.8) is 0 Å². The second-order valence-electron chi connectivity index (χ2n) is 6.77. The number of imidazole rings is 1. The Bertz CT molecular complexity index is 1070. The summed E-state index contributed by atoms with van der Waals surface area (Å²) in [6.45, 7) is 4.23. The molecule has 0 amide bonds. The summed E-state index contributed by atoms with van der Waals surface area (Å²) in [5.74, 6) is 0.525. The van der Waals surface area contributed by atoms with Gasteiger partial charge in [-0.1, -0.05) is 18.2 Å². The molecular weight excluding hydrogens is 367 g/mol. The molecule has 0 aliphatic carbocycles. The first-order valence-electron chi connectivity index (χ1n) is 8.86. The van der Waals surface area contributed by atoms with Crippen molar-refractivity contribution < 1.29 is 12.8 Å². The number of nitrogens with one attached hydrogen (secondary N) is 1. The van der Waals surface area contributed by atoms with Gasteiger partial charge in [-0.2, -0.15) is 4.31 Å². The molecule has 0 radical (unpaired) electrons. The number of halogens is 1. The van der Waals surface area contributed by atoms with Crippen molar-refractivity contribution in [2.24, 2.45) is 0 Å². The first-order valence-corrected chi connectivity index (χ1v) is 10.3. The minimum atomic E-state index is -3.56. The van der Waals surface area contributed by atoms with Gasteiger partial charge >= 0.3 is 0 Å². The van der Waals surface area contributed by atoms with Crippen LogP contribution in [0.25, 0.3) is 11.0 Å². The van der Waals surface area contributed by atoms with Crippen molar-refractivity contribution in [2.45, 2.75) is 18.4 Å². The molecule has 4 rings (SSSR count). The zero-order chi connectivity index (χ0) is 19.0. The lowest BCUT2D eigenvalue weighted by Gasteiger charge is -2.34. The van der Waals surface area contributed by atoms with Crippen molar-refractivity contribution >= 4 is 21.1 Å². The highest BCUT2D eigenvalue weighted by Gasteiger charge is 2.29. The van der Waals surface area contributed by atoms with Gasteiger partial charge in [-0.25, -0.2) is 17.8 Å². The zero-order valence-electron chi connectivity index (χ0n) is 15.0. The molecule has 0 saturated carbocycles. The molecule has 3 aromatic rings. The summed E-state index contributed by atoms with van der Waals surface area (Å²) >= 11 is 0. The van der Waals surface area contributed by atoms with E-state index >= 15 is 0 Å². The van der Waals surface area contributed by atoms with Crippen molar-refractivity contribution in [1.82, 2.24) is 19.2 Å². The molecule has 6 nitrogen and oxygen atoms in total. The summed E-state index contributed by atoms with van der Waals surface area (Å²) < 4.78 is 41.3. The molecule has 1 saturated heterocycles. The fraction of sp³-hybridized carbons (Fsp3) is 0.316. The fourth-order valence-corrected chi connectivity index (χ4v) is 4.87. The molecule has 0 atom stereocenters. The van der Waals surface area contributed by atoms with Crippen LogP contribution in [0.15, 0.2) is 47.4 Å². The first kappa shape index (κ1) is 18.1. The quantitative estimate of drug-likeness (QED) is 0.746. The Morgan fingerprint density at radius 1 is 1.11 bits per heavy atom. The van der Waals surface area contributed by atoms with Crippen LogP contribution in [0, 0.1) is 12.7 Å². The van der Waals surface area contributed by atoms with Gasteiger partial charge < -0.3 is 4.98 Å². The second-order valence-corrected chi connectivity index (χ2v) is 8.71. The average Bonchev–Trinajstić information content (AvgIpc) is 3.03. The maximum Gasteiger partial charge on any atom is 0.243 e. The Balaban J connectivity index is 1.47. The molecule has 142 valence electrons. The van der Waals surface area contributed by atoms with Crippen LogP contribution >= 0.6 is 0 Å². The molecule has 2 aromatic carbocycles. The highest BCUT2D eigenvalue weighted by molar-refractivity contribution is 7.89. The van der Waals surface area contributed by atoms with Crippen LogP contribution in [0.5, 0.6) is 0 Å². The second kappa shape index (κ2) is 7.03. The van der Waals surface area contributed by atoms with E-state index < -0.39 is 10.0 Å². The predicted octanol–water partition coefficient (Wildman–Crippen LogP) is 2.52. The highest BCUT2D eigenvalue weighted by atomic mass is 32.2. The standard InChI is InChI=1S/C19H21FN4O2S/c1-14-21-18-7-6-16(12-19(18)22-14)27(25,26)24-10-8-23(9-11-24)13-15-4-2-3-5-17(15)20/h2-7,12H,8-11,13H2,1H3,(H,21,22). The summed E-state index contributed by atoms with van der Waals surface area (Å²) in [6, 6.07) is 11.7. The van der Waals surface area contributed by atoms with Gasteiger partial charge in [-0.3, -0.25) is 4.90 Å². The van der Waals surface area contributed by atoms with Crippen molar-refractivity contribution in [3.05, 3.63) is 59.7 Å². The molecule has 2 heterocycles. The van der Waals surface area contributed by atoms with E-state index in [-0.39, 0.29) is 10.7 Å². The lowest BCUT2D eigenvalue weighted by molar-refractivity contribution is 0.180. The Hall–Kier alpha value is -2.29. The number of rotatable bonds is 4. The van der Waals surface area contributed by atoms with Gasteiger partial charge in [0.2, 0.25) is 10.0 Å². The van der Waals surface area contributed by atoms with Crippen LogP contribution in [-0.2, 0) is 16.6 Å². The van der Waals surface area contributed by atoms with E-state index in [1.54, 1.807) is 30.3 Å². The molecule has 1 aliphatic rings. The zero-order valence-corrected chi connectivity index (χ0v) is 15.8. The Kier molecular flexibility index (Phi) is 4.71. The molecule has 0 unspecified atom stereocenters. The van der Waals surface area contributed by atoms with Crippen molar-refractivity contribution in [1.29, 1.82) is 0 Å². The number of piperazine rings is 1. The number of hydrogen-bond donors (Lipinski definition) is 1. The summed E-state index contributed by atoms with van der Waals surface area (Å²) in [7, 11) is -3.56. The number of benzene rings is 2. The third kappa shape index (κ3) is 3.60. The lowest BCUT2D eigenvalue weighted by atomic mass is 10.2. The number of H-pyrrole nitrogens is 1. The van der Waals surface area contributed by atoms with Crippen LogP contribution in [-0.4, -0.2) is 53.8 Å². The van der Waals surface area contributed by atoms with E-state index in [4.69, 9.17) is 0 Å². The van der Waals surface area contributed by atoms with Crippen molar-refractivity contribution in [2.75, 3.05) is 26.2 Å². The largest absolute Gasteiger partial charge is 0.342 e. The maximum atomic E-state index is 13.8. The lowest BCUT2D eigenvalue weighted by Crippen LogP contribution is -2.48. The van der Waals surface area contributed by atoms with Gasteiger partial charge in [0.1, 0.15) is 11.6 Å². The number of aryl methyl sites for hydroxylation is 1. The number of aromatic amines is 1. The van der Waals surface area contributed by atoms with E-state index in [9.17, 15) is 12.8 Å². The highest BCUT2D eigenvalue weighted by Crippen LogP contribution is 2.22. The van der Waals surface area contributed by atoms with E-state index in [2.05, 4.69) is 14.9 Å². The van der Waals surface area contributed by atoms with Crippen LogP contribution < -0.4 is 0 Å². The number of nitrogens with zero attached hydrogens (tertiary/aromatic N) is 3. The molecule has 8 heteroatoms. The number of sulfonamides is 1. The monoisotopic (exact) mass is 388 g/mol. The normalized spacial score (nSPS) is 16.8. The minimum absolute atomic E-state index is 0.226. The van der Waals surface area contributed by atoms with E-state index in [0.717, 1.165) is 11.3 Å². The smallest absolute Gasteiger partial charge is 0.243 e. The van der Waals surface area contributed by atoms with E-state index in [1.807, 2.05) is 13.0 Å². The predicted molar refractivity (Wildman–Crippen MR) is 101 cm³/mol. The number of aromatic nitrogens is 2. The van der Waals surface area contributed by atoms with Gasteiger partial charge in [0.05, 0.1) is 15.9 Å². The first-order chi connectivity index (χ1) is 12.9. The fourth-order valence-electron chi connectivity index (χ4n) is 3.42. The van der Waals surface area contributed by atoms with Crippen LogP contribution in [0.3, 0.4) is 0 Å². The summed E-state index contributed by atoms with van der Waals surface area (Å²) in [5, 5.41) is 0. The van der Waals surface area contributed by atoms with Gasteiger partial charge in [-0.05, 0) is 31.2 Å². The third-order valence-corrected chi connectivity index (χ3v) is 6.79. The van der Waals surface area contributed by atoms with Gasteiger partial charge in [0.25, 0.3) is 0 Å². The molecule has 1 aliphatic heterocycles. The van der Waals surface area contributed by atoms with Crippen LogP contribution in [0.1, 0.15) is 11.4 Å². The van der Waals surface area contributed by atoms with Crippen LogP contribution in [0.4, 0.5) is 4.39 Å². The topological polar surface area (TPSA) is 69.3 Å². The molecule has 1 aromatic heterocycles. The SMILES string of the molecule is Cc1nc2ccc(S(=O)(=O)N3CCN(Cc4ccccc4F)CC3)cc2[nH]1. The van der Waals surface area contributed by atoms with E-state index in [0.29, 0.717) is 43.8 Å². The Morgan fingerprint density at radius 2 is 1.85 bits per heavy atom. The maximum absolute atomic E-state index is 13.8. The molecule has 0 spiro atoms. The number of fused-ring (bicyclic) bond motifs is 1. The number of hydrogen-bond acceptors (Lipinski definition) is 4. The molecule has 1 N–H and O–H groups in total. The molecular formula is C19H21FN4O2S. The van der Waals surface area contributed by atoms with Crippen LogP contribution in [0.2, 0.25) is 0 Å². The summed E-state index contributed by atoms with van der Waals surface area (Å²) in [6.07, 6.45) is 0.